The molecule has 90 valence electrons. The molecule has 0 amide bonds. The number of aromatic nitrogens is 3. The van der Waals surface area contributed by atoms with Crippen LogP contribution in [0, 0.1) is 0 Å². The van der Waals surface area contributed by atoms with E-state index in [9.17, 15) is 4.79 Å². The summed E-state index contributed by atoms with van der Waals surface area (Å²) < 4.78 is 7.13. The highest BCUT2D eigenvalue weighted by atomic mass is 79.9. The predicted octanol–water partition coefficient (Wildman–Crippen LogP) is 2.98. The minimum atomic E-state index is -0.542. The van der Waals surface area contributed by atoms with Gasteiger partial charge in [0.15, 0.2) is 0 Å². The number of halogens is 1. The number of carbonyl (C=O) groups is 1. The summed E-state index contributed by atoms with van der Waals surface area (Å²) in [7, 11) is 0. The lowest BCUT2D eigenvalue weighted by Crippen LogP contribution is -2.27. The first-order valence-electron chi connectivity index (χ1n) is 5.09. The van der Waals surface area contributed by atoms with Gasteiger partial charge in [-0.2, -0.15) is 9.78 Å². The lowest BCUT2D eigenvalue weighted by molar-refractivity contribution is 0.0523. The van der Waals surface area contributed by atoms with Gasteiger partial charge in [-0.3, -0.25) is 0 Å². The van der Waals surface area contributed by atoms with Gasteiger partial charge in [-0.25, -0.2) is 9.78 Å². The van der Waals surface area contributed by atoms with Crippen molar-refractivity contribution in [1.29, 1.82) is 0 Å². The molecular weight excluding hydrogens is 286 g/mol. The highest BCUT2D eigenvalue weighted by molar-refractivity contribution is 9.10. The average Bonchev–Trinajstić information content (AvgIpc) is 2.57. The minimum absolute atomic E-state index is 0.495. The molecule has 0 saturated carbocycles. The molecule has 0 radical (unpaired) electrons. The van der Waals surface area contributed by atoms with Crippen LogP contribution in [0.25, 0.3) is 10.9 Å². The van der Waals surface area contributed by atoms with Crippen LogP contribution >= 0.6 is 15.9 Å². The molecule has 5 nitrogen and oxygen atoms in total. The van der Waals surface area contributed by atoms with Crippen LogP contribution < -0.4 is 0 Å². The third-order valence-electron chi connectivity index (χ3n) is 1.99. The van der Waals surface area contributed by atoms with Crippen molar-refractivity contribution in [3.8, 4) is 0 Å². The molecule has 6 heteroatoms. The van der Waals surface area contributed by atoms with Gasteiger partial charge in [0.05, 0.1) is 11.7 Å². The normalized spacial score (nSPS) is 11.8. The Balaban J connectivity index is 2.42. The number of rotatable bonds is 0. The van der Waals surface area contributed by atoms with Gasteiger partial charge in [-0.15, -0.1) is 0 Å². The van der Waals surface area contributed by atoms with E-state index in [1.54, 1.807) is 18.5 Å². The molecule has 0 N–H and O–H groups in total. The molecule has 2 aromatic heterocycles. The van der Waals surface area contributed by atoms with Crippen LogP contribution in [0.1, 0.15) is 20.8 Å². The Bertz CT molecular complexity index is 572. The average molecular weight is 298 g/mol. The van der Waals surface area contributed by atoms with Crippen molar-refractivity contribution < 1.29 is 9.53 Å². The molecule has 17 heavy (non-hydrogen) atoms. The molecule has 0 aliphatic rings. The van der Waals surface area contributed by atoms with E-state index in [4.69, 9.17) is 4.74 Å². The summed E-state index contributed by atoms with van der Waals surface area (Å²) >= 11 is 3.26. The van der Waals surface area contributed by atoms with Gasteiger partial charge in [0, 0.05) is 11.6 Å². The maximum absolute atomic E-state index is 11.9. The second kappa shape index (κ2) is 4.10. The summed E-state index contributed by atoms with van der Waals surface area (Å²) in [6.07, 6.45) is 2.73. The van der Waals surface area contributed by atoms with Gasteiger partial charge in [-0.1, -0.05) is 0 Å². The molecule has 2 heterocycles. The standard InChI is InChI=1S/C11H12BrN3O2/c1-11(2,3)17-10(16)15-8-4-9(12)13-5-7(8)6-14-15/h4-6H,1-3H3. The third kappa shape index (κ3) is 2.63. The van der Waals surface area contributed by atoms with Crippen LogP contribution in [-0.4, -0.2) is 26.5 Å². The fourth-order valence-corrected chi connectivity index (χ4v) is 1.67. The van der Waals surface area contributed by atoms with E-state index in [1.807, 2.05) is 20.8 Å². The number of hydrogen-bond donors (Lipinski definition) is 0. The lowest BCUT2D eigenvalue weighted by atomic mass is 10.2. The molecule has 0 atom stereocenters. The highest BCUT2D eigenvalue weighted by Crippen LogP contribution is 2.18. The fraction of sp³-hybridized carbons (Fsp3) is 0.364. The molecule has 2 aromatic rings. The third-order valence-corrected chi connectivity index (χ3v) is 2.42. The number of carbonyl (C=O) groups excluding carboxylic acids is 1. The van der Waals surface area contributed by atoms with E-state index < -0.39 is 11.7 Å². The Kier molecular flexibility index (Phi) is 2.91. The summed E-state index contributed by atoms with van der Waals surface area (Å²) in [6.45, 7) is 5.44. The SMILES string of the molecule is CC(C)(C)OC(=O)n1ncc2cnc(Br)cc21. The predicted molar refractivity (Wildman–Crippen MR) is 66.9 cm³/mol. The quantitative estimate of drug-likeness (QED) is 0.702. The molecule has 2 rings (SSSR count). The second-order valence-electron chi connectivity index (χ2n) is 4.60. The van der Waals surface area contributed by atoms with Crippen molar-refractivity contribution in [3.63, 3.8) is 0 Å². The van der Waals surface area contributed by atoms with Crippen LogP contribution in [0.15, 0.2) is 23.1 Å². The van der Waals surface area contributed by atoms with Crippen molar-refractivity contribution in [2.24, 2.45) is 0 Å². The number of pyridine rings is 1. The van der Waals surface area contributed by atoms with E-state index in [0.29, 0.717) is 10.1 Å². The van der Waals surface area contributed by atoms with Gasteiger partial charge in [0.2, 0.25) is 0 Å². The second-order valence-corrected chi connectivity index (χ2v) is 5.42. The molecule has 0 aliphatic heterocycles. The number of fused-ring (bicyclic) bond motifs is 1. The van der Waals surface area contributed by atoms with Crippen LogP contribution in [0.3, 0.4) is 0 Å². The maximum atomic E-state index is 11.9. The molecule has 0 unspecified atom stereocenters. The topological polar surface area (TPSA) is 57.0 Å². The zero-order chi connectivity index (χ0) is 12.6. The van der Waals surface area contributed by atoms with Crippen LogP contribution in [-0.2, 0) is 4.74 Å². The Labute approximate surface area is 107 Å². The molecule has 0 fully saturated rings. The minimum Gasteiger partial charge on any atom is -0.442 e. The number of hydrogen-bond acceptors (Lipinski definition) is 4. The maximum Gasteiger partial charge on any atom is 0.435 e. The van der Waals surface area contributed by atoms with E-state index in [2.05, 4.69) is 26.0 Å². The Morgan fingerprint density at radius 1 is 1.41 bits per heavy atom. The van der Waals surface area contributed by atoms with Crippen LogP contribution in [0.2, 0.25) is 0 Å². The summed E-state index contributed by atoms with van der Waals surface area (Å²) in [4.78, 5) is 16.0. The van der Waals surface area contributed by atoms with Crippen LogP contribution in [0.4, 0.5) is 4.79 Å². The van der Waals surface area contributed by atoms with Crippen molar-refractivity contribution in [1.82, 2.24) is 14.8 Å². The van der Waals surface area contributed by atoms with E-state index in [-0.39, 0.29) is 0 Å². The van der Waals surface area contributed by atoms with Crippen molar-refractivity contribution in [2.75, 3.05) is 0 Å². The van der Waals surface area contributed by atoms with Crippen LogP contribution in [0.5, 0.6) is 0 Å². The fourth-order valence-electron chi connectivity index (χ4n) is 1.35. The molecule has 0 aromatic carbocycles. The van der Waals surface area contributed by atoms with Gasteiger partial charge in [0.25, 0.3) is 0 Å². The van der Waals surface area contributed by atoms with Crippen molar-refractivity contribution >= 4 is 32.9 Å². The molecule has 0 saturated heterocycles. The summed E-state index contributed by atoms with van der Waals surface area (Å²) in [6, 6.07) is 1.73. The zero-order valence-corrected chi connectivity index (χ0v) is 11.4. The molecule has 0 spiro atoms. The van der Waals surface area contributed by atoms with E-state index in [0.717, 1.165) is 5.39 Å². The highest BCUT2D eigenvalue weighted by Gasteiger charge is 2.20. The number of ether oxygens (including phenoxy) is 1. The van der Waals surface area contributed by atoms with Gasteiger partial charge >= 0.3 is 6.09 Å². The Morgan fingerprint density at radius 2 is 2.12 bits per heavy atom. The number of nitrogens with zero attached hydrogens (tertiary/aromatic N) is 3. The van der Waals surface area contributed by atoms with E-state index in [1.165, 1.54) is 4.68 Å². The summed E-state index contributed by atoms with van der Waals surface area (Å²) in [5, 5.41) is 4.79. The first-order valence-corrected chi connectivity index (χ1v) is 5.89. The molecule has 0 aliphatic carbocycles. The summed E-state index contributed by atoms with van der Waals surface area (Å²) in [5.41, 5.74) is 0.126. The Morgan fingerprint density at radius 3 is 2.76 bits per heavy atom. The van der Waals surface area contributed by atoms with Gasteiger partial charge in [-0.05, 0) is 42.8 Å². The van der Waals surface area contributed by atoms with Gasteiger partial charge < -0.3 is 4.74 Å². The van der Waals surface area contributed by atoms with Gasteiger partial charge in [0.1, 0.15) is 10.2 Å². The molecular formula is C11H12BrN3O2. The first-order chi connectivity index (χ1) is 7.87. The summed E-state index contributed by atoms with van der Waals surface area (Å²) in [5.74, 6) is 0. The zero-order valence-electron chi connectivity index (χ0n) is 9.77. The monoisotopic (exact) mass is 297 g/mol. The van der Waals surface area contributed by atoms with Crippen molar-refractivity contribution in [2.45, 2.75) is 26.4 Å². The van der Waals surface area contributed by atoms with Crippen molar-refractivity contribution in [3.05, 3.63) is 23.1 Å². The lowest BCUT2D eigenvalue weighted by Gasteiger charge is -2.19. The first kappa shape index (κ1) is 12.0. The smallest absolute Gasteiger partial charge is 0.435 e. The largest absolute Gasteiger partial charge is 0.442 e. The van der Waals surface area contributed by atoms with E-state index >= 15 is 0 Å². The Hall–Kier alpha value is -1.43. The molecule has 0 bridgehead atoms.